The zero-order valence-electron chi connectivity index (χ0n) is 16.6. The van der Waals surface area contributed by atoms with Crippen LogP contribution in [0.1, 0.15) is 35.8 Å². The third kappa shape index (κ3) is 3.93. The molecule has 4 heterocycles. The molecule has 0 radical (unpaired) electrons. The minimum atomic E-state index is -4.41. The minimum Gasteiger partial charge on any atom is -0.491 e. The molecule has 30 heavy (non-hydrogen) atoms. The Morgan fingerprint density at radius 3 is 2.77 bits per heavy atom. The number of ether oxygens (including phenoxy) is 1. The maximum atomic E-state index is 13.1. The summed E-state index contributed by atoms with van der Waals surface area (Å²) in [5.41, 5.74) is -0.471. The molecule has 2 fully saturated rings. The Morgan fingerprint density at radius 1 is 1.23 bits per heavy atom. The number of rotatable bonds is 5. The van der Waals surface area contributed by atoms with Crippen molar-refractivity contribution in [2.45, 2.75) is 32.0 Å². The summed E-state index contributed by atoms with van der Waals surface area (Å²) in [6, 6.07) is 5.96. The maximum Gasteiger partial charge on any atom is 0.417 e. The predicted octanol–water partition coefficient (Wildman–Crippen LogP) is 3.64. The molecule has 0 bridgehead atoms. The SMILES string of the molecule is CCCOc1cccnc1C(=O)N1CC[C@H]2CN(c3ccc(C(F)(F)F)cn3)[C@H]2C1. The van der Waals surface area contributed by atoms with Crippen molar-refractivity contribution in [2.75, 3.05) is 31.1 Å². The van der Waals surface area contributed by atoms with Crippen LogP contribution in [-0.2, 0) is 6.18 Å². The van der Waals surface area contributed by atoms with E-state index in [4.69, 9.17) is 4.74 Å². The first-order chi connectivity index (χ1) is 14.4. The van der Waals surface area contributed by atoms with Gasteiger partial charge in [-0.2, -0.15) is 13.2 Å². The summed E-state index contributed by atoms with van der Waals surface area (Å²) in [5.74, 6) is 1.19. The average molecular weight is 420 g/mol. The van der Waals surface area contributed by atoms with E-state index in [2.05, 4.69) is 9.97 Å². The number of hydrogen-bond acceptors (Lipinski definition) is 5. The van der Waals surface area contributed by atoms with Gasteiger partial charge in [-0.15, -0.1) is 0 Å². The van der Waals surface area contributed by atoms with Crippen LogP contribution in [0.3, 0.4) is 0 Å². The number of anilines is 1. The standard InChI is InChI=1S/C21H23F3N4O2/c1-2-10-30-17-4-3-8-25-19(17)20(29)27-9-7-14-12-28(16(14)13-27)18-6-5-15(11-26-18)21(22,23)24/h3-6,8,11,14,16H,2,7,9-10,12-13H2,1H3/t14-,16-/m0/s1. The molecule has 6 nitrogen and oxygen atoms in total. The number of fused-ring (bicyclic) bond motifs is 1. The monoisotopic (exact) mass is 420 g/mol. The van der Waals surface area contributed by atoms with Crippen LogP contribution in [0.2, 0.25) is 0 Å². The van der Waals surface area contributed by atoms with Crippen LogP contribution in [0.5, 0.6) is 5.75 Å². The molecule has 2 aliphatic rings. The average Bonchev–Trinajstić information content (AvgIpc) is 2.72. The highest BCUT2D eigenvalue weighted by molar-refractivity contribution is 5.95. The van der Waals surface area contributed by atoms with Gasteiger partial charge in [-0.25, -0.2) is 9.97 Å². The second-order valence-electron chi connectivity index (χ2n) is 7.62. The van der Waals surface area contributed by atoms with Gasteiger partial charge in [-0.05, 0) is 37.1 Å². The molecule has 0 saturated carbocycles. The van der Waals surface area contributed by atoms with E-state index >= 15 is 0 Å². The van der Waals surface area contributed by atoms with Crippen molar-refractivity contribution in [3.63, 3.8) is 0 Å². The van der Waals surface area contributed by atoms with Crippen molar-refractivity contribution in [1.82, 2.24) is 14.9 Å². The van der Waals surface area contributed by atoms with E-state index in [0.717, 1.165) is 31.6 Å². The lowest BCUT2D eigenvalue weighted by molar-refractivity contribution is -0.137. The number of amides is 1. The molecule has 2 saturated heterocycles. The van der Waals surface area contributed by atoms with Gasteiger partial charge in [0, 0.05) is 37.9 Å². The van der Waals surface area contributed by atoms with Crippen molar-refractivity contribution in [2.24, 2.45) is 5.92 Å². The first-order valence-electron chi connectivity index (χ1n) is 10.1. The Labute approximate surface area is 172 Å². The minimum absolute atomic E-state index is 0.0376. The molecule has 0 N–H and O–H groups in total. The molecule has 4 rings (SSSR count). The zero-order chi connectivity index (χ0) is 21.3. The number of pyridine rings is 2. The van der Waals surface area contributed by atoms with Gasteiger partial charge in [0.05, 0.1) is 18.2 Å². The van der Waals surface area contributed by atoms with Gasteiger partial charge in [0.2, 0.25) is 0 Å². The molecule has 1 amide bonds. The van der Waals surface area contributed by atoms with E-state index in [0.29, 0.717) is 42.9 Å². The molecule has 2 aliphatic heterocycles. The van der Waals surface area contributed by atoms with Gasteiger partial charge in [0.15, 0.2) is 11.4 Å². The third-order valence-electron chi connectivity index (χ3n) is 5.64. The van der Waals surface area contributed by atoms with Crippen molar-refractivity contribution in [3.8, 4) is 5.75 Å². The molecule has 2 aromatic rings. The van der Waals surface area contributed by atoms with Crippen molar-refractivity contribution in [1.29, 1.82) is 0 Å². The number of hydrogen-bond donors (Lipinski definition) is 0. The Bertz CT molecular complexity index is 904. The van der Waals surface area contributed by atoms with Crippen LogP contribution in [0.25, 0.3) is 0 Å². The number of carbonyl (C=O) groups is 1. The van der Waals surface area contributed by atoms with E-state index in [1.165, 1.54) is 6.07 Å². The molecule has 2 atom stereocenters. The molecule has 2 aromatic heterocycles. The second kappa shape index (κ2) is 8.12. The summed E-state index contributed by atoms with van der Waals surface area (Å²) in [6.45, 7) is 4.33. The Hall–Kier alpha value is -2.84. The first-order valence-corrected chi connectivity index (χ1v) is 10.1. The maximum absolute atomic E-state index is 13.1. The van der Waals surface area contributed by atoms with Gasteiger partial charge in [-0.3, -0.25) is 4.79 Å². The van der Waals surface area contributed by atoms with Gasteiger partial charge in [-0.1, -0.05) is 6.92 Å². The first kappa shape index (κ1) is 20.4. The summed E-state index contributed by atoms with van der Waals surface area (Å²) < 4.78 is 44.0. The quantitative estimate of drug-likeness (QED) is 0.739. The number of nitrogens with zero attached hydrogens (tertiary/aromatic N) is 4. The highest BCUT2D eigenvalue weighted by Gasteiger charge is 2.45. The molecular weight excluding hydrogens is 397 g/mol. The van der Waals surface area contributed by atoms with Gasteiger partial charge in [0.1, 0.15) is 5.82 Å². The van der Waals surface area contributed by atoms with Gasteiger partial charge < -0.3 is 14.5 Å². The Kier molecular flexibility index (Phi) is 5.53. The van der Waals surface area contributed by atoms with E-state index < -0.39 is 11.7 Å². The van der Waals surface area contributed by atoms with Gasteiger partial charge >= 0.3 is 6.18 Å². The zero-order valence-corrected chi connectivity index (χ0v) is 16.6. The second-order valence-corrected chi connectivity index (χ2v) is 7.62. The summed E-state index contributed by atoms with van der Waals surface area (Å²) in [6.07, 6.45) is -0.311. The van der Waals surface area contributed by atoms with E-state index in [9.17, 15) is 18.0 Å². The van der Waals surface area contributed by atoms with Gasteiger partial charge in [0.25, 0.3) is 5.91 Å². The molecule has 0 aromatic carbocycles. The number of alkyl halides is 3. The lowest BCUT2D eigenvalue weighted by atomic mass is 9.82. The summed E-state index contributed by atoms with van der Waals surface area (Å²) >= 11 is 0. The fourth-order valence-electron chi connectivity index (χ4n) is 4.00. The molecule has 0 spiro atoms. The van der Waals surface area contributed by atoms with Crippen LogP contribution in [0.4, 0.5) is 19.0 Å². The lowest BCUT2D eigenvalue weighted by Gasteiger charge is -2.54. The molecule has 0 unspecified atom stereocenters. The van der Waals surface area contributed by atoms with Crippen LogP contribution in [-0.4, -0.2) is 53.1 Å². The Morgan fingerprint density at radius 2 is 2.07 bits per heavy atom. The number of carbonyl (C=O) groups excluding carboxylic acids is 1. The van der Waals surface area contributed by atoms with Crippen LogP contribution in [0.15, 0.2) is 36.7 Å². The molecular formula is C21H23F3N4O2. The predicted molar refractivity (Wildman–Crippen MR) is 104 cm³/mol. The smallest absolute Gasteiger partial charge is 0.417 e. The third-order valence-corrected chi connectivity index (χ3v) is 5.64. The van der Waals surface area contributed by atoms with Crippen molar-refractivity contribution >= 4 is 11.7 Å². The normalized spacial score (nSPS) is 21.1. The molecule has 0 aliphatic carbocycles. The number of aromatic nitrogens is 2. The highest BCUT2D eigenvalue weighted by Crippen LogP contribution is 2.37. The fraction of sp³-hybridized carbons (Fsp3) is 0.476. The van der Waals surface area contributed by atoms with E-state index in [-0.39, 0.29) is 11.9 Å². The Balaban J connectivity index is 1.46. The fourth-order valence-corrected chi connectivity index (χ4v) is 4.00. The number of piperidine rings is 1. The number of halogens is 3. The number of likely N-dealkylation sites (tertiary alicyclic amines) is 1. The topological polar surface area (TPSA) is 58.6 Å². The van der Waals surface area contributed by atoms with E-state index in [1.807, 2.05) is 11.8 Å². The molecule has 160 valence electrons. The van der Waals surface area contributed by atoms with Crippen LogP contribution < -0.4 is 9.64 Å². The van der Waals surface area contributed by atoms with Crippen LogP contribution >= 0.6 is 0 Å². The summed E-state index contributed by atoms with van der Waals surface area (Å²) in [5, 5.41) is 0. The molecule has 9 heteroatoms. The largest absolute Gasteiger partial charge is 0.491 e. The van der Waals surface area contributed by atoms with Crippen molar-refractivity contribution < 1.29 is 22.7 Å². The highest BCUT2D eigenvalue weighted by atomic mass is 19.4. The van der Waals surface area contributed by atoms with Crippen molar-refractivity contribution in [3.05, 3.63) is 47.9 Å². The lowest BCUT2D eigenvalue weighted by Crippen LogP contribution is -2.65. The summed E-state index contributed by atoms with van der Waals surface area (Å²) in [4.78, 5) is 25.0. The van der Waals surface area contributed by atoms with Crippen LogP contribution in [0, 0.1) is 5.92 Å². The summed E-state index contributed by atoms with van der Waals surface area (Å²) in [7, 11) is 0. The van der Waals surface area contributed by atoms with E-state index in [1.54, 1.807) is 23.2 Å².